The van der Waals surface area contributed by atoms with Crippen LogP contribution in [0.15, 0.2) is 18.2 Å². The molecule has 1 unspecified atom stereocenters. The number of benzene rings is 1. The maximum absolute atomic E-state index is 13.1. The minimum Gasteiger partial charge on any atom is -0.381 e. The predicted octanol–water partition coefficient (Wildman–Crippen LogP) is 2.29. The molecule has 1 saturated heterocycles. The second-order valence-electron chi connectivity index (χ2n) is 4.76. The Balaban J connectivity index is 1.88. The second kappa shape index (κ2) is 5.96. The standard InChI is InChI=1S/C14H18FNO2/c1-10-7-12(4-5-13(10)15)14(17)16-8-11-3-2-6-18-9-11/h4-5,7,11H,2-3,6,8-9H2,1H3,(H,16,17). The molecule has 2 rings (SSSR count). The summed E-state index contributed by atoms with van der Waals surface area (Å²) in [5, 5.41) is 2.87. The minimum atomic E-state index is -0.285. The van der Waals surface area contributed by atoms with E-state index in [1.165, 1.54) is 12.1 Å². The molecule has 0 spiro atoms. The number of aryl methyl sites for hydroxylation is 1. The lowest BCUT2D eigenvalue weighted by atomic mass is 10.0. The highest BCUT2D eigenvalue weighted by Crippen LogP contribution is 2.13. The number of rotatable bonds is 3. The number of carbonyl (C=O) groups excluding carboxylic acids is 1. The SMILES string of the molecule is Cc1cc(C(=O)NCC2CCCOC2)ccc1F. The van der Waals surface area contributed by atoms with Crippen molar-refractivity contribution < 1.29 is 13.9 Å². The molecule has 18 heavy (non-hydrogen) atoms. The zero-order valence-corrected chi connectivity index (χ0v) is 10.5. The number of halogens is 1. The Kier molecular flexibility index (Phi) is 4.31. The van der Waals surface area contributed by atoms with Gasteiger partial charge in [0.05, 0.1) is 6.61 Å². The lowest BCUT2D eigenvalue weighted by molar-refractivity contribution is 0.0536. The summed E-state index contributed by atoms with van der Waals surface area (Å²) in [7, 11) is 0. The van der Waals surface area contributed by atoms with E-state index >= 15 is 0 Å². The van der Waals surface area contributed by atoms with E-state index in [4.69, 9.17) is 4.74 Å². The molecule has 4 heteroatoms. The van der Waals surface area contributed by atoms with Crippen molar-refractivity contribution in [2.45, 2.75) is 19.8 Å². The maximum Gasteiger partial charge on any atom is 0.251 e. The Morgan fingerprint density at radius 2 is 2.39 bits per heavy atom. The van der Waals surface area contributed by atoms with Crippen LogP contribution in [0.2, 0.25) is 0 Å². The van der Waals surface area contributed by atoms with Crippen LogP contribution in [0.4, 0.5) is 4.39 Å². The molecule has 3 nitrogen and oxygen atoms in total. The van der Waals surface area contributed by atoms with E-state index in [0.29, 0.717) is 30.2 Å². The molecule has 0 radical (unpaired) electrons. The van der Waals surface area contributed by atoms with Gasteiger partial charge in [0.25, 0.3) is 5.91 Å². The number of carbonyl (C=O) groups is 1. The van der Waals surface area contributed by atoms with Gasteiger partial charge in [0.1, 0.15) is 5.82 Å². The second-order valence-corrected chi connectivity index (χ2v) is 4.76. The molecule has 1 N–H and O–H groups in total. The average Bonchev–Trinajstić information content (AvgIpc) is 2.40. The molecule has 1 aromatic carbocycles. The van der Waals surface area contributed by atoms with Crippen LogP contribution in [0.25, 0.3) is 0 Å². The minimum absolute atomic E-state index is 0.149. The van der Waals surface area contributed by atoms with Crippen LogP contribution < -0.4 is 5.32 Å². The summed E-state index contributed by atoms with van der Waals surface area (Å²) in [5.41, 5.74) is 0.995. The highest BCUT2D eigenvalue weighted by Gasteiger charge is 2.15. The summed E-state index contributed by atoms with van der Waals surface area (Å²) >= 11 is 0. The van der Waals surface area contributed by atoms with E-state index in [9.17, 15) is 9.18 Å². The molecule has 1 atom stereocenters. The van der Waals surface area contributed by atoms with Crippen molar-refractivity contribution in [2.75, 3.05) is 19.8 Å². The van der Waals surface area contributed by atoms with Gasteiger partial charge in [-0.1, -0.05) is 0 Å². The molecule has 1 aromatic rings. The first kappa shape index (κ1) is 13.0. The fourth-order valence-corrected chi connectivity index (χ4v) is 2.09. The van der Waals surface area contributed by atoms with Gasteiger partial charge >= 0.3 is 0 Å². The Hall–Kier alpha value is -1.42. The van der Waals surface area contributed by atoms with Crippen molar-refractivity contribution in [1.29, 1.82) is 0 Å². The topological polar surface area (TPSA) is 38.3 Å². The normalized spacial score (nSPS) is 19.6. The monoisotopic (exact) mass is 251 g/mol. The van der Waals surface area contributed by atoms with Crippen LogP contribution in [0.3, 0.4) is 0 Å². The molecule has 98 valence electrons. The smallest absolute Gasteiger partial charge is 0.251 e. The van der Waals surface area contributed by atoms with Gasteiger partial charge in [-0.15, -0.1) is 0 Å². The van der Waals surface area contributed by atoms with Gasteiger partial charge in [-0.3, -0.25) is 4.79 Å². The first-order valence-electron chi connectivity index (χ1n) is 6.29. The highest BCUT2D eigenvalue weighted by atomic mass is 19.1. The zero-order valence-electron chi connectivity index (χ0n) is 10.5. The number of hydrogen-bond donors (Lipinski definition) is 1. The molecule has 1 heterocycles. The Bertz CT molecular complexity index is 428. The molecule has 1 aliphatic heterocycles. The molecule has 0 bridgehead atoms. The number of ether oxygens (including phenoxy) is 1. The molecule has 1 aliphatic rings. The van der Waals surface area contributed by atoms with Crippen LogP contribution in [-0.4, -0.2) is 25.7 Å². The molecular formula is C14H18FNO2. The van der Waals surface area contributed by atoms with Gasteiger partial charge in [-0.25, -0.2) is 4.39 Å². The number of amides is 1. The molecular weight excluding hydrogens is 233 g/mol. The third-order valence-electron chi connectivity index (χ3n) is 3.23. The molecule has 0 saturated carbocycles. The van der Waals surface area contributed by atoms with Gasteiger partial charge in [-0.05, 0) is 49.4 Å². The summed E-state index contributed by atoms with van der Waals surface area (Å²) in [5.74, 6) is -0.0415. The molecule has 1 fully saturated rings. The molecule has 1 amide bonds. The van der Waals surface area contributed by atoms with Crippen molar-refractivity contribution in [3.63, 3.8) is 0 Å². The zero-order chi connectivity index (χ0) is 13.0. The lowest BCUT2D eigenvalue weighted by Crippen LogP contribution is -2.33. The van der Waals surface area contributed by atoms with Gasteiger partial charge in [-0.2, -0.15) is 0 Å². The van der Waals surface area contributed by atoms with E-state index in [0.717, 1.165) is 19.4 Å². The van der Waals surface area contributed by atoms with Crippen molar-refractivity contribution >= 4 is 5.91 Å². The highest BCUT2D eigenvalue weighted by molar-refractivity contribution is 5.94. The Morgan fingerprint density at radius 1 is 1.56 bits per heavy atom. The Labute approximate surface area is 106 Å². The summed E-state index contributed by atoms with van der Waals surface area (Å²) < 4.78 is 18.4. The van der Waals surface area contributed by atoms with Crippen molar-refractivity contribution in [3.05, 3.63) is 35.1 Å². The predicted molar refractivity (Wildman–Crippen MR) is 67.0 cm³/mol. The van der Waals surface area contributed by atoms with Crippen LogP contribution in [0.1, 0.15) is 28.8 Å². The first-order valence-corrected chi connectivity index (χ1v) is 6.29. The van der Waals surface area contributed by atoms with Crippen LogP contribution in [0, 0.1) is 18.7 Å². The molecule has 0 aromatic heterocycles. The fourth-order valence-electron chi connectivity index (χ4n) is 2.09. The maximum atomic E-state index is 13.1. The first-order chi connectivity index (χ1) is 8.66. The summed E-state index contributed by atoms with van der Waals surface area (Å²) in [6, 6.07) is 4.41. The van der Waals surface area contributed by atoms with Crippen LogP contribution >= 0.6 is 0 Å². The summed E-state index contributed by atoms with van der Waals surface area (Å²) in [4.78, 5) is 11.9. The third kappa shape index (κ3) is 3.29. The van der Waals surface area contributed by atoms with E-state index < -0.39 is 0 Å². The van der Waals surface area contributed by atoms with Crippen LogP contribution in [-0.2, 0) is 4.74 Å². The van der Waals surface area contributed by atoms with Crippen molar-refractivity contribution in [2.24, 2.45) is 5.92 Å². The Morgan fingerprint density at radius 3 is 3.06 bits per heavy atom. The van der Waals surface area contributed by atoms with Gasteiger partial charge in [0, 0.05) is 18.7 Å². The number of nitrogens with one attached hydrogen (secondary N) is 1. The third-order valence-corrected chi connectivity index (χ3v) is 3.23. The van der Waals surface area contributed by atoms with Gasteiger partial charge in [0.15, 0.2) is 0 Å². The van der Waals surface area contributed by atoms with Gasteiger partial charge in [0.2, 0.25) is 0 Å². The van der Waals surface area contributed by atoms with E-state index in [1.807, 2.05) is 0 Å². The van der Waals surface area contributed by atoms with E-state index in [2.05, 4.69) is 5.32 Å². The largest absolute Gasteiger partial charge is 0.381 e. The quantitative estimate of drug-likeness (QED) is 0.895. The van der Waals surface area contributed by atoms with Gasteiger partial charge < -0.3 is 10.1 Å². The average molecular weight is 251 g/mol. The van der Waals surface area contributed by atoms with Crippen LogP contribution in [0.5, 0.6) is 0 Å². The number of hydrogen-bond acceptors (Lipinski definition) is 2. The molecule has 0 aliphatic carbocycles. The summed E-state index contributed by atoms with van der Waals surface area (Å²) in [6.07, 6.45) is 2.14. The lowest BCUT2D eigenvalue weighted by Gasteiger charge is -2.22. The van der Waals surface area contributed by atoms with Crippen molar-refractivity contribution in [1.82, 2.24) is 5.32 Å². The van der Waals surface area contributed by atoms with E-state index in [1.54, 1.807) is 13.0 Å². The fraction of sp³-hybridized carbons (Fsp3) is 0.500. The van der Waals surface area contributed by atoms with Crippen molar-refractivity contribution in [3.8, 4) is 0 Å². The summed E-state index contributed by atoms with van der Waals surface area (Å²) in [6.45, 7) is 3.81. The van der Waals surface area contributed by atoms with E-state index in [-0.39, 0.29) is 11.7 Å².